The van der Waals surface area contributed by atoms with E-state index < -0.39 is 6.10 Å². The van der Waals surface area contributed by atoms with Gasteiger partial charge < -0.3 is 19.5 Å². The molecular formula is C26H31N3O4. The second kappa shape index (κ2) is 9.14. The van der Waals surface area contributed by atoms with Gasteiger partial charge in [0.25, 0.3) is 11.5 Å². The van der Waals surface area contributed by atoms with Crippen LogP contribution in [0, 0.1) is 5.92 Å². The second-order valence-corrected chi connectivity index (χ2v) is 9.59. The van der Waals surface area contributed by atoms with Crippen molar-refractivity contribution >= 4 is 11.8 Å². The summed E-state index contributed by atoms with van der Waals surface area (Å²) in [5.41, 5.74) is 2.65. The molecule has 2 amide bonds. The summed E-state index contributed by atoms with van der Waals surface area (Å²) in [6.45, 7) is 2.36. The number of aromatic nitrogens is 1. The van der Waals surface area contributed by atoms with Crippen molar-refractivity contribution in [3.8, 4) is 0 Å². The molecule has 0 radical (unpaired) electrons. The highest BCUT2D eigenvalue weighted by molar-refractivity contribution is 5.96. The fraction of sp³-hybridized carbons (Fsp3) is 0.500. The van der Waals surface area contributed by atoms with Crippen molar-refractivity contribution in [2.24, 2.45) is 5.92 Å². The maximum Gasteiger partial charge on any atom is 0.264 e. The summed E-state index contributed by atoms with van der Waals surface area (Å²) in [6, 6.07) is 9.73. The molecule has 5 rings (SSSR count). The SMILES string of the molecule is O=C(c1c2c(cn(Cc3ccccc3)c1=O)CN(C(=O)C1CC1)CC2)N1CCCC(O)CC1. The molecule has 7 heteroatoms. The number of hydrogen-bond acceptors (Lipinski definition) is 4. The Morgan fingerprint density at radius 3 is 2.52 bits per heavy atom. The molecule has 1 saturated carbocycles. The van der Waals surface area contributed by atoms with E-state index in [0.29, 0.717) is 52.0 Å². The van der Waals surface area contributed by atoms with Gasteiger partial charge in [0.05, 0.1) is 12.6 Å². The monoisotopic (exact) mass is 449 g/mol. The summed E-state index contributed by atoms with van der Waals surface area (Å²) < 4.78 is 1.62. The van der Waals surface area contributed by atoms with Crippen LogP contribution in [-0.4, -0.2) is 57.0 Å². The van der Waals surface area contributed by atoms with E-state index in [2.05, 4.69) is 0 Å². The molecular weight excluding hydrogens is 418 g/mol. The lowest BCUT2D eigenvalue weighted by Crippen LogP contribution is -2.43. The summed E-state index contributed by atoms with van der Waals surface area (Å²) in [5, 5.41) is 10.0. The molecule has 33 heavy (non-hydrogen) atoms. The van der Waals surface area contributed by atoms with E-state index in [4.69, 9.17) is 0 Å². The zero-order valence-electron chi connectivity index (χ0n) is 18.9. The fourth-order valence-corrected chi connectivity index (χ4v) is 5.05. The predicted octanol–water partition coefficient (Wildman–Crippen LogP) is 2.18. The molecule has 174 valence electrons. The number of aliphatic hydroxyl groups excluding tert-OH is 1. The van der Waals surface area contributed by atoms with Gasteiger partial charge in [-0.25, -0.2) is 0 Å². The molecule has 1 aliphatic carbocycles. The zero-order valence-corrected chi connectivity index (χ0v) is 18.9. The van der Waals surface area contributed by atoms with E-state index in [1.807, 2.05) is 41.4 Å². The molecule has 3 heterocycles. The van der Waals surface area contributed by atoms with Crippen LogP contribution >= 0.6 is 0 Å². The molecule has 1 aromatic carbocycles. The molecule has 1 saturated heterocycles. The Bertz CT molecular complexity index is 1110. The van der Waals surface area contributed by atoms with Gasteiger partial charge in [-0.2, -0.15) is 0 Å². The zero-order chi connectivity index (χ0) is 22.9. The van der Waals surface area contributed by atoms with Crippen LogP contribution in [0.5, 0.6) is 0 Å². The van der Waals surface area contributed by atoms with Crippen LogP contribution in [0.25, 0.3) is 0 Å². The Labute approximate surface area is 193 Å². The molecule has 1 aromatic heterocycles. The molecule has 7 nitrogen and oxygen atoms in total. The highest BCUT2D eigenvalue weighted by Crippen LogP contribution is 2.33. The maximum atomic E-state index is 13.6. The third-order valence-corrected chi connectivity index (χ3v) is 7.10. The predicted molar refractivity (Wildman–Crippen MR) is 124 cm³/mol. The Kier molecular flexibility index (Phi) is 6.06. The summed E-state index contributed by atoms with van der Waals surface area (Å²) >= 11 is 0. The van der Waals surface area contributed by atoms with Crippen LogP contribution < -0.4 is 5.56 Å². The van der Waals surface area contributed by atoms with E-state index in [9.17, 15) is 19.5 Å². The van der Waals surface area contributed by atoms with E-state index >= 15 is 0 Å². The first-order chi connectivity index (χ1) is 16.0. The number of nitrogens with zero attached hydrogens (tertiary/aromatic N) is 3. The Morgan fingerprint density at radius 2 is 1.76 bits per heavy atom. The number of fused-ring (bicyclic) bond motifs is 1. The molecule has 0 spiro atoms. The van der Waals surface area contributed by atoms with E-state index in [1.54, 1.807) is 9.47 Å². The van der Waals surface area contributed by atoms with Crippen LogP contribution in [-0.2, 0) is 24.3 Å². The summed E-state index contributed by atoms with van der Waals surface area (Å²) in [6.07, 6.45) is 5.82. The number of aliphatic hydroxyl groups is 1. The summed E-state index contributed by atoms with van der Waals surface area (Å²) in [4.78, 5) is 43.6. The number of benzene rings is 1. The van der Waals surface area contributed by atoms with Gasteiger partial charge in [0.15, 0.2) is 0 Å². The van der Waals surface area contributed by atoms with Crippen molar-refractivity contribution < 1.29 is 14.7 Å². The number of amides is 2. The van der Waals surface area contributed by atoms with Crippen molar-refractivity contribution in [2.45, 2.75) is 57.7 Å². The van der Waals surface area contributed by atoms with Gasteiger partial charge in [-0.15, -0.1) is 0 Å². The molecule has 1 unspecified atom stereocenters. The molecule has 2 fully saturated rings. The highest BCUT2D eigenvalue weighted by Gasteiger charge is 2.36. The van der Waals surface area contributed by atoms with Crippen LogP contribution in [0.1, 0.15) is 59.2 Å². The first kappa shape index (κ1) is 21.9. The van der Waals surface area contributed by atoms with Crippen molar-refractivity contribution in [3.63, 3.8) is 0 Å². The van der Waals surface area contributed by atoms with Gasteiger partial charge in [0.1, 0.15) is 5.56 Å². The third-order valence-electron chi connectivity index (χ3n) is 7.10. The largest absolute Gasteiger partial charge is 0.393 e. The Morgan fingerprint density at radius 1 is 0.970 bits per heavy atom. The van der Waals surface area contributed by atoms with Gasteiger partial charge in [-0.3, -0.25) is 14.4 Å². The number of rotatable bonds is 4. The van der Waals surface area contributed by atoms with Crippen molar-refractivity contribution in [2.75, 3.05) is 19.6 Å². The molecule has 0 bridgehead atoms. The number of hydrogen-bond donors (Lipinski definition) is 1. The molecule has 2 aromatic rings. The normalized spacial score (nSPS) is 20.8. The van der Waals surface area contributed by atoms with Crippen LogP contribution in [0.4, 0.5) is 0 Å². The fourth-order valence-electron chi connectivity index (χ4n) is 5.05. The highest BCUT2D eigenvalue weighted by atomic mass is 16.3. The minimum atomic E-state index is -0.399. The molecule has 2 aliphatic heterocycles. The molecule has 1 N–H and O–H groups in total. The number of carbonyl (C=O) groups excluding carboxylic acids is 2. The lowest BCUT2D eigenvalue weighted by molar-refractivity contribution is -0.133. The average molecular weight is 450 g/mol. The van der Waals surface area contributed by atoms with Crippen LogP contribution in [0.3, 0.4) is 0 Å². The number of carbonyl (C=O) groups is 2. The minimum Gasteiger partial charge on any atom is -0.393 e. The lowest BCUT2D eigenvalue weighted by atomic mass is 9.95. The van der Waals surface area contributed by atoms with Gasteiger partial charge in [-0.1, -0.05) is 30.3 Å². The van der Waals surface area contributed by atoms with Gasteiger partial charge in [0.2, 0.25) is 5.91 Å². The van der Waals surface area contributed by atoms with E-state index in [0.717, 1.165) is 36.0 Å². The van der Waals surface area contributed by atoms with Crippen molar-refractivity contribution in [1.82, 2.24) is 14.4 Å². The average Bonchev–Trinajstić information content (AvgIpc) is 3.68. The van der Waals surface area contributed by atoms with E-state index in [-0.39, 0.29) is 28.9 Å². The number of likely N-dealkylation sites (tertiary alicyclic amines) is 1. The summed E-state index contributed by atoms with van der Waals surface area (Å²) in [5.74, 6) is 0.0944. The first-order valence-electron chi connectivity index (χ1n) is 12.1. The van der Waals surface area contributed by atoms with Crippen LogP contribution in [0.15, 0.2) is 41.3 Å². The van der Waals surface area contributed by atoms with Gasteiger partial charge in [0, 0.05) is 38.3 Å². The molecule has 1 atom stereocenters. The summed E-state index contributed by atoms with van der Waals surface area (Å²) in [7, 11) is 0. The van der Waals surface area contributed by atoms with Crippen LogP contribution in [0.2, 0.25) is 0 Å². The smallest absolute Gasteiger partial charge is 0.264 e. The third kappa shape index (κ3) is 4.60. The van der Waals surface area contributed by atoms with Gasteiger partial charge in [-0.05, 0) is 55.2 Å². The Hall–Kier alpha value is -2.93. The van der Waals surface area contributed by atoms with Crippen molar-refractivity contribution in [3.05, 3.63) is 69.1 Å². The first-order valence-corrected chi connectivity index (χ1v) is 12.1. The standard InChI is InChI=1S/C26H31N3O4/c30-21-7-4-12-27(13-10-21)25(32)23-22-11-14-28(24(31)19-8-9-19)16-20(22)17-29(26(23)33)15-18-5-2-1-3-6-18/h1-3,5-6,17,19,21,30H,4,7-16H2. The molecule has 3 aliphatic rings. The Balaban J connectivity index is 1.52. The van der Waals surface area contributed by atoms with E-state index in [1.165, 1.54) is 0 Å². The number of pyridine rings is 1. The second-order valence-electron chi connectivity index (χ2n) is 9.59. The maximum absolute atomic E-state index is 13.6. The topological polar surface area (TPSA) is 82.9 Å². The quantitative estimate of drug-likeness (QED) is 0.776. The lowest BCUT2D eigenvalue weighted by Gasteiger charge is -2.31. The van der Waals surface area contributed by atoms with Gasteiger partial charge >= 0.3 is 0 Å². The van der Waals surface area contributed by atoms with Crippen molar-refractivity contribution in [1.29, 1.82) is 0 Å². The minimum absolute atomic E-state index is 0.145.